The molecule has 1 aliphatic rings. The smallest absolute Gasteiger partial charge is 0.247 e. The molecule has 0 atom stereocenters. The zero-order valence-electron chi connectivity index (χ0n) is 16.6. The normalized spacial score (nSPS) is 12.7. The second kappa shape index (κ2) is 9.86. The van der Waals surface area contributed by atoms with Gasteiger partial charge in [-0.3, -0.25) is 9.78 Å². The van der Waals surface area contributed by atoms with Crippen molar-refractivity contribution in [3.05, 3.63) is 93.7 Å². The fourth-order valence-corrected chi connectivity index (χ4v) is 3.51. The lowest BCUT2D eigenvalue weighted by molar-refractivity contribution is -0.127. The largest absolute Gasteiger partial charge is 0.486 e. The van der Waals surface area contributed by atoms with E-state index in [-0.39, 0.29) is 5.91 Å². The first-order valence-electron chi connectivity index (χ1n) is 9.79. The molecule has 1 aromatic heterocycles. The fraction of sp³-hybridized carbons (Fsp3) is 0.167. The number of pyridine rings is 1. The minimum absolute atomic E-state index is 0.147. The molecular weight excluding hydrogens is 435 g/mol. The molecule has 7 heteroatoms. The van der Waals surface area contributed by atoms with Crippen molar-refractivity contribution in [3.8, 4) is 11.5 Å². The maximum Gasteiger partial charge on any atom is 0.247 e. The number of hydrogen-bond donors (Lipinski definition) is 0. The molecule has 0 spiro atoms. The summed E-state index contributed by atoms with van der Waals surface area (Å²) in [6, 6.07) is 16.6. The van der Waals surface area contributed by atoms with E-state index in [9.17, 15) is 4.79 Å². The highest BCUT2D eigenvalue weighted by atomic mass is 35.5. The highest BCUT2D eigenvalue weighted by Crippen LogP contribution is 2.31. The number of amides is 1. The SMILES string of the molecule is O=C(/C=C/c1ccc2c(c1)OCCO2)N(Cc1ccc(Cl)c(Cl)c1)Cc1ccccn1. The number of fused-ring (bicyclic) bond motifs is 1. The summed E-state index contributed by atoms with van der Waals surface area (Å²) in [5.74, 6) is 1.25. The van der Waals surface area contributed by atoms with Gasteiger partial charge in [-0.25, -0.2) is 0 Å². The summed E-state index contributed by atoms with van der Waals surface area (Å²) in [5, 5.41) is 0.933. The summed E-state index contributed by atoms with van der Waals surface area (Å²) in [6.45, 7) is 1.79. The van der Waals surface area contributed by atoms with Crippen LogP contribution in [0.2, 0.25) is 10.0 Å². The topological polar surface area (TPSA) is 51.7 Å². The van der Waals surface area contributed by atoms with E-state index >= 15 is 0 Å². The van der Waals surface area contributed by atoms with Gasteiger partial charge >= 0.3 is 0 Å². The fourth-order valence-electron chi connectivity index (χ4n) is 3.19. The third-order valence-corrected chi connectivity index (χ3v) is 5.47. The van der Waals surface area contributed by atoms with Crippen LogP contribution in [0.4, 0.5) is 0 Å². The van der Waals surface area contributed by atoms with Gasteiger partial charge in [0.05, 0.1) is 22.3 Å². The summed E-state index contributed by atoms with van der Waals surface area (Å²) in [6.07, 6.45) is 5.02. The number of nitrogens with zero attached hydrogens (tertiary/aromatic N) is 2. The van der Waals surface area contributed by atoms with E-state index in [1.165, 1.54) is 0 Å². The molecular formula is C24H20Cl2N2O3. The van der Waals surface area contributed by atoms with Gasteiger partial charge in [-0.15, -0.1) is 0 Å². The average molecular weight is 455 g/mol. The van der Waals surface area contributed by atoms with Crippen molar-refractivity contribution < 1.29 is 14.3 Å². The minimum Gasteiger partial charge on any atom is -0.486 e. The number of aromatic nitrogens is 1. The molecule has 3 aromatic rings. The minimum atomic E-state index is -0.147. The second-order valence-corrected chi connectivity index (χ2v) is 7.81. The Balaban J connectivity index is 1.54. The van der Waals surface area contributed by atoms with Crippen LogP contribution in [0, 0.1) is 0 Å². The first-order chi connectivity index (χ1) is 15.1. The van der Waals surface area contributed by atoms with E-state index in [0.29, 0.717) is 47.8 Å². The van der Waals surface area contributed by atoms with Crippen LogP contribution in [0.15, 0.2) is 66.9 Å². The Bertz CT molecular complexity index is 1100. The molecule has 0 saturated heterocycles. The Morgan fingerprint density at radius 2 is 1.81 bits per heavy atom. The van der Waals surface area contributed by atoms with Gasteiger partial charge in [0, 0.05) is 18.8 Å². The monoisotopic (exact) mass is 454 g/mol. The molecule has 0 aliphatic carbocycles. The molecule has 158 valence electrons. The highest BCUT2D eigenvalue weighted by Gasteiger charge is 2.15. The number of hydrogen-bond acceptors (Lipinski definition) is 4. The molecule has 0 radical (unpaired) electrons. The van der Waals surface area contributed by atoms with E-state index in [0.717, 1.165) is 16.8 Å². The van der Waals surface area contributed by atoms with Crippen LogP contribution in [0.5, 0.6) is 11.5 Å². The maximum atomic E-state index is 13.1. The summed E-state index contributed by atoms with van der Waals surface area (Å²) >= 11 is 12.2. The summed E-state index contributed by atoms with van der Waals surface area (Å²) < 4.78 is 11.2. The molecule has 0 unspecified atom stereocenters. The van der Waals surface area contributed by atoms with Crippen LogP contribution >= 0.6 is 23.2 Å². The molecule has 1 aliphatic heterocycles. The quantitative estimate of drug-likeness (QED) is 0.467. The number of ether oxygens (including phenoxy) is 2. The zero-order chi connectivity index (χ0) is 21.6. The predicted molar refractivity (Wildman–Crippen MR) is 121 cm³/mol. The van der Waals surface area contributed by atoms with Gasteiger partial charge in [-0.05, 0) is 53.6 Å². The third-order valence-electron chi connectivity index (χ3n) is 4.73. The maximum absolute atomic E-state index is 13.1. The number of halogens is 2. The Morgan fingerprint density at radius 3 is 2.58 bits per heavy atom. The summed E-state index contributed by atoms with van der Waals surface area (Å²) in [5.41, 5.74) is 2.53. The van der Waals surface area contributed by atoms with Crippen LogP contribution in [-0.2, 0) is 17.9 Å². The number of carbonyl (C=O) groups excluding carboxylic acids is 1. The third kappa shape index (κ3) is 5.57. The highest BCUT2D eigenvalue weighted by molar-refractivity contribution is 6.42. The molecule has 0 bridgehead atoms. The summed E-state index contributed by atoms with van der Waals surface area (Å²) in [4.78, 5) is 19.1. The molecule has 4 rings (SSSR count). The molecule has 5 nitrogen and oxygen atoms in total. The Morgan fingerprint density at radius 1 is 0.968 bits per heavy atom. The van der Waals surface area contributed by atoms with Gasteiger partial charge in [-0.1, -0.05) is 41.4 Å². The lowest BCUT2D eigenvalue weighted by Crippen LogP contribution is -2.28. The van der Waals surface area contributed by atoms with Crippen molar-refractivity contribution >= 4 is 35.2 Å². The van der Waals surface area contributed by atoms with Crippen LogP contribution in [0.1, 0.15) is 16.8 Å². The van der Waals surface area contributed by atoms with Crippen molar-refractivity contribution in [3.63, 3.8) is 0 Å². The molecule has 1 amide bonds. The van der Waals surface area contributed by atoms with Crippen molar-refractivity contribution in [2.45, 2.75) is 13.1 Å². The number of carbonyl (C=O) groups is 1. The van der Waals surface area contributed by atoms with Crippen LogP contribution < -0.4 is 9.47 Å². The Kier molecular flexibility index (Phi) is 6.75. The van der Waals surface area contributed by atoms with Gasteiger partial charge < -0.3 is 14.4 Å². The standard InChI is InChI=1S/C24H20Cl2N2O3/c25-20-7-4-18(13-21(20)26)15-28(16-19-3-1-2-10-27-19)24(29)9-6-17-5-8-22-23(14-17)31-12-11-30-22/h1-10,13-14H,11-12,15-16H2/b9-6+. The van der Waals surface area contributed by atoms with E-state index in [4.69, 9.17) is 32.7 Å². The molecule has 0 N–H and O–H groups in total. The number of benzene rings is 2. The van der Waals surface area contributed by atoms with E-state index in [1.54, 1.807) is 35.4 Å². The Labute approximate surface area is 190 Å². The average Bonchev–Trinajstić information content (AvgIpc) is 2.80. The van der Waals surface area contributed by atoms with Crippen molar-refractivity contribution in [2.24, 2.45) is 0 Å². The Hall–Kier alpha value is -3.02. The molecule has 2 heterocycles. The van der Waals surface area contributed by atoms with Crippen LogP contribution in [-0.4, -0.2) is 29.0 Å². The van der Waals surface area contributed by atoms with E-state index in [2.05, 4.69) is 4.98 Å². The summed E-state index contributed by atoms with van der Waals surface area (Å²) in [7, 11) is 0. The van der Waals surface area contributed by atoms with Crippen molar-refractivity contribution in [1.29, 1.82) is 0 Å². The number of rotatable bonds is 6. The first kappa shape index (κ1) is 21.2. The van der Waals surface area contributed by atoms with E-state index < -0.39 is 0 Å². The second-order valence-electron chi connectivity index (χ2n) is 7.00. The predicted octanol–water partition coefficient (Wildman–Crippen LogP) is 5.40. The van der Waals surface area contributed by atoms with Crippen molar-refractivity contribution in [2.75, 3.05) is 13.2 Å². The molecule has 0 fully saturated rings. The lowest BCUT2D eigenvalue weighted by atomic mass is 10.1. The van der Waals surface area contributed by atoms with Gasteiger partial charge in [-0.2, -0.15) is 0 Å². The van der Waals surface area contributed by atoms with Gasteiger partial charge in [0.2, 0.25) is 5.91 Å². The molecule has 31 heavy (non-hydrogen) atoms. The van der Waals surface area contributed by atoms with Gasteiger partial charge in [0.25, 0.3) is 0 Å². The van der Waals surface area contributed by atoms with Gasteiger partial charge in [0.1, 0.15) is 13.2 Å². The van der Waals surface area contributed by atoms with Crippen LogP contribution in [0.3, 0.4) is 0 Å². The van der Waals surface area contributed by atoms with Gasteiger partial charge in [0.15, 0.2) is 11.5 Å². The molecule has 2 aromatic carbocycles. The molecule has 0 saturated carbocycles. The van der Waals surface area contributed by atoms with E-state index in [1.807, 2.05) is 42.5 Å². The van der Waals surface area contributed by atoms with Crippen molar-refractivity contribution in [1.82, 2.24) is 9.88 Å². The zero-order valence-corrected chi connectivity index (χ0v) is 18.1. The van der Waals surface area contributed by atoms with Crippen LogP contribution in [0.25, 0.3) is 6.08 Å². The first-order valence-corrected chi connectivity index (χ1v) is 10.5. The lowest BCUT2D eigenvalue weighted by Gasteiger charge is -2.21.